The van der Waals surface area contributed by atoms with Crippen LogP contribution in [0.2, 0.25) is 0 Å². The van der Waals surface area contributed by atoms with Gasteiger partial charge in [-0.3, -0.25) is 44.3 Å². The predicted octanol–water partition coefficient (Wildman–Crippen LogP) is 5.82. The number of carbonyl (C=O) groups is 5. The van der Waals surface area contributed by atoms with E-state index in [9.17, 15) is 24.0 Å². The van der Waals surface area contributed by atoms with E-state index in [-0.39, 0.29) is 46.9 Å². The Balaban J connectivity index is 0.621. The topological polar surface area (TPSA) is 174 Å². The Kier molecular flexibility index (Phi) is 9.86. The second kappa shape index (κ2) is 16.0. The van der Waals surface area contributed by atoms with Crippen LogP contribution in [0.4, 0.5) is 25.8 Å². The molecule has 4 saturated heterocycles. The molecule has 1 aliphatic carbocycles. The highest BCUT2D eigenvalue weighted by Crippen LogP contribution is 2.53. The fourth-order valence-electron chi connectivity index (χ4n) is 12.3. The van der Waals surface area contributed by atoms with Crippen LogP contribution in [0.25, 0.3) is 22.0 Å². The lowest BCUT2D eigenvalue weighted by Gasteiger charge is -2.61. The van der Waals surface area contributed by atoms with Crippen LogP contribution in [0.3, 0.4) is 0 Å². The molecule has 6 aliphatic heterocycles. The van der Waals surface area contributed by atoms with Gasteiger partial charge in [-0.05, 0) is 104 Å². The minimum absolute atomic E-state index is 0.0510. The molecule has 9 heterocycles. The van der Waals surface area contributed by atoms with Crippen LogP contribution in [0.5, 0.6) is 0 Å². The zero-order chi connectivity index (χ0) is 47.6. The van der Waals surface area contributed by atoms with Crippen molar-refractivity contribution in [3.63, 3.8) is 0 Å². The number of hydrogen-bond acceptors (Lipinski definition) is 11. The number of fused-ring (bicyclic) bond motifs is 3. The lowest BCUT2D eigenvalue weighted by atomic mass is 9.72. The Labute approximate surface area is 406 Å². The first kappa shape index (κ1) is 43.1. The molecule has 2 atom stereocenters. The first-order valence-corrected chi connectivity index (χ1v) is 25.1. The maximum atomic E-state index is 16.0. The molecular weight excluding hydrogens is 912 g/mol. The number of nitrogens with one attached hydrogen (secondary N) is 2. The van der Waals surface area contributed by atoms with E-state index in [1.165, 1.54) is 27.9 Å². The zero-order valence-corrected chi connectivity index (χ0v) is 39.5. The normalized spacial score (nSPS) is 21.5. The van der Waals surface area contributed by atoms with Crippen molar-refractivity contribution in [2.45, 2.75) is 75.5 Å². The summed E-state index contributed by atoms with van der Waals surface area (Å²) in [5, 5.41) is 13.0. The maximum Gasteiger partial charge on any atom is 0.329 e. The summed E-state index contributed by atoms with van der Waals surface area (Å²) < 4.78 is 19.8. The van der Waals surface area contributed by atoms with Crippen LogP contribution < -0.4 is 20.4 Å². The molecule has 17 nitrogen and oxygen atoms in total. The summed E-state index contributed by atoms with van der Waals surface area (Å²) in [6.07, 6.45) is 9.38. The van der Waals surface area contributed by atoms with Gasteiger partial charge in [0.05, 0.1) is 30.6 Å². The second-order valence-corrected chi connectivity index (χ2v) is 21.4. The van der Waals surface area contributed by atoms with Crippen LogP contribution >= 0.6 is 11.3 Å². The molecule has 6 amide bonds. The number of hydrogen-bond donors (Lipinski definition) is 2. The molecular formula is C51H51FN12O5S. The molecule has 1 saturated carbocycles. The summed E-state index contributed by atoms with van der Waals surface area (Å²) >= 11 is 1.28. The quantitative estimate of drug-likeness (QED) is 0.170. The number of imidazole rings is 1. The van der Waals surface area contributed by atoms with E-state index in [4.69, 9.17) is 0 Å². The first-order valence-electron chi connectivity index (χ1n) is 24.3. The molecule has 6 aromatic rings. The number of imide groups is 1. The number of piperidine rings is 1. The third kappa shape index (κ3) is 7.09. The largest absolute Gasteiger partial charge is 0.370 e. The molecule has 358 valence electrons. The van der Waals surface area contributed by atoms with Gasteiger partial charge in [0.2, 0.25) is 11.8 Å². The van der Waals surface area contributed by atoms with Gasteiger partial charge in [0.15, 0.2) is 17.0 Å². The summed E-state index contributed by atoms with van der Waals surface area (Å²) in [6.45, 7) is 5.57. The summed E-state index contributed by atoms with van der Waals surface area (Å²) in [5.74, 6) is -0.482. The Morgan fingerprint density at radius 3 is 2.56 bits per heavy atom. The van der Waals surface area contributed by atoms with E-state index in [0.29, 0.717) is 41.2 Å². The highest BCUT2D eigenvalue weighted by Gasteiger charge is 2.56. The SMILES string of the molecule is Cn1nc(N2CCC(=O)NC2=O)c2ccc(C3CCN(CC(=O)N4CC5(C4)CN(c4ccc(-c6cc(F)c7c(c6)C(=O)N(C(C(=O)Nc6nccs6)c6ncn8c6CCC8)C7)cc4)C5)C4(CC4)C3)cc21. The van der Waals surface area contributed by atoms with Crippen molar-refractivity contribution in [3.05, 3.63) is 106 Å². The van der Waals surface area contributed by atoms with E-state index in [1.807, 2.05) is 45.5 Å². The molecule has 7 aliphatic rings. The summed E-state index contributed by atoms with van der Waals surface area (Å²) in [6, 6.07) is 16.1. The van der Waals surface area contributed by atoms with Crippen LogP contribution in [0.15, 0.2) is 72.5 Å². The van der Waals surface area contributed by atoms with Crippen molar-refractivity contribution in [1.82, 2.24) is 44.3 Å². The minimum atomic E-state index is -1.05. The number of carbonyl (C=O) groups excluding carboxylic acids is 5. The van der Waals surface area contributed by atoms with Gasteiger partial charge in [-0.2, -0.15) is 5.10 Å². The minimum Gasteiger partial charge on any atom is -0.370 e. The number of likely N-dealkylation sites (tertiary alicyclic amines) is 2. The van der Waals surface area contributed by atoms with Crippen molar-refractivity contribution in [2.24, 2.45) is 12.5 Å². The van der Waals surface area contributed by atoms with Gasteiger partial charge in [-0.15, -0.1) is 11.3 Å². The Hall–Kier alpha value is -6.99. The van der Waals surface area contributed by atoms with Crippen LogP contribution in [-0.4, -0.2) is 120 Å². The molecule has 0 bridgehead atoms. The zero-order valence-electron chi connectivity index (χ0n) is 38.7. The van der Waals surface area contributed by atoms with Gasteiger partial charge in [0, 0.05) is 103 Å². The van der Waals surface area contributed by atoms with Crippen LogP contribution in [0, 0.1) is 11.2 Å². The molecule has 2 spiro atoms. The number of thiazole rings is 1. The average molecular weight is 963 g/mol. The van der Waals surface area contributed by atoms with Gasteiger partial charge >= 0.3 is 6.03 Å². The number of rotatable bonds is 10. The summed E-state index contributed by atoms with van der Waals surface area (Å²) in [4.78, 5) is 84.7. The van der Waals surface area contributed by atoms with Gasteiger partial charge in [0.1, 0.15) is 5.82 Å². The Morgan fingerprint density at radius 2 is 1.79 bits per heavy atom. The first-order chi connectivity index (χ1) is 33.9. The third-order valence-corrected chi connectivity index (χ3v) is 16.8. The smallest absolute Gasteiger partial charge is 0.329 e. The number of urea groups is 1. The maximum absolute atomic E-state index is 16.0. The Morgan fingerprint density at radius 1 is 0.957 bits per heavy atom. The molecule has 5 fully saturated rings. The van der Waals surface area contributed by atoms with Crippen molar-refractivity contribution in [1.29, 1.82) is 0 Å². The number of aromatic nitrogens is 5. The number of benzene rings is 3. The van der Waals surface area contributed by atoms with Gasteiger partial charge in [0.25, 0.3) is 11.8 Å². The lowest BCUT2D eigenvalue weighted by Crippen LogP contribution is -2.73. The van der Waals surface area contributed by atoms with E-state index >= 15 is 4.39 Å². The van der Waals surface area contributed by atoms with E-state index in [2.05, 4.69) is 53.7 Å². The number of halogens is 1. The molecule has 3 aromatic heterocycles. The van der Waals surface area contributed by atoms with Crippen molar-refractivity contribution >= 4 is 68.5 Å². The number of amides is 6. The predicted molar refractivity (Wildman–Crippen MR) is 259 cm³/mol. The second-order valence-electron chi connectivity index (χ2n) is 20.5. The van der Waals surface area contributed by atoms with Crippen molar-refractivity contribution in [3.8, 4) is 11.1 Å². The summed E-state index contributed by atoms with van der Waals surface area (Å²) in [5.41, 5.74) is 6.70. The standard InChI is InChI=1S/C51H51FN12O5S/c1-58-40-21-31(6-9-35(40)45(57-58)63-17-11-41(65)55-49(63)69)32-10-16-62(51(22-32)12-13-51)24-42(66)61-27-50(28-61)25-60(26-50)34-7-4-30(5-8-34)33-19-36-37(38(52)20-33)23-64(47(36)68)44(46(67)56-48-53-14-18-70-48)43-39-3-2-15-59(39)29-54-43/h4-9,14,18-21,29,32,44H,2-3,10-13,15-17,22-28H2,1H3,(H,53,56,67)(H,55,65,69). The highest BCUT2D eigenvalue weighted by molar-refractivity contribution is 7.13. The van der Waals surface area contributed by atoms with Gasteiger partial charge < -0.3 is 19.3 Å². The van der Waals surface area contributed by atoms with E-state index in [1.54, 1.807) is 28.9 Å². The molecule has 2 N–H and O–H groups in total. The monoisotopic (exact) mass is 962 g/mol. The van der Waals surface area contributed by atoms with E-state index < -0.39 is 29.7 Å². The molecule has 0 radical (unpaired) electrons. The van der Waals surface area contributed by atoms with Crippen molar-refractivity contribution < 1.29 is 28.4 Å². The van der Waals surface area contributed by atoms with Crippen molar-refractivity contribution in [2.75, 3.05) is 60.9 Å². The Bertz CT molecular complexity index is 3170. The highest BCUT2D eigenvalue weighted by atomic mass is 32.1. The number of anilines is 3. The summed E-state index contributed by atoms with van der Waals surface area (Å²) in [7, 11) is 1.89. The molecule has 3 aromatic carbocycles. The third-order valence-electron chi connectivity index (χ3n) is 16.1. The average Bonchev–Trinajstić information content (AvgIpc) is 3.88. The number of nitrogens with zero attached hydrogens (tertiary/aromatic N) is 10. The van der Waals surface area contributed by atoms with Crippen LogP contribution in [-0.2, 0) is 40.9 Å². The lowest BCUT2D eigenvalue weighted by molar-refractivity contribution is -0.147. The fourth-order valence-corrected chi connectivity index (χ4v) is 12.8. The van der Waals surface area contributed by atoms with Gasteiger partial charge in [-0.25, -0.2) is 19.2 Å². The van der Waals surface area contributed by atoms with E-state index in [0.717, 1.165) is 106 Å². The molecule has 2 unspecified atom stereocenters. The van der Waals surface area contributed by atoms with Gasteiger partial charge in [-0.1, -0.05) is 18.2 Å². The fraction of sp³-hybridized carbons (Fsp3) is 0.412. The molecule has 70 heavy (non-hydrogen) atoms. The number of aryl methyl sites for hydroxylation is 2. The van der Waals surface area contributed by atoms with Crippen LogP contribution in [0.1, 0.15) is 83.4 Å². The molecule has 19 heteroatoms. The molecule has 13 rings (SSSR count).